The predicted molar refractivity (Wildman–Crippen MR) is 60.5 cm³/mol. The highest BCUT2D eigenvalue weighted by Crippen LogP contribution is 2.24. The van der Waals surface area contributed by atoms with Gasteiger partial charge < -0.3 is 9.84 Å². The maximum Gasteiger partial charge on any atom is 0.308 e. The summed E-state index contributed by atoms with van der Waals surface area (Å²) in [6, 6.07) is 0. The van der Waals surface area contributed by atoms with E-state index in [1.165, 1.54) is 0 Å². The molecule has 2 unspecified atom stereocenters. The average Bonchev–Trinajstić information content (AvgIpc) is 2.10. The fourth-order valence-electron chi connectivity index (χ4n) is 1.28. The van der Waals surface area contributed by atoms with E-state index >= 15 is 0 Å². The summed E-state index contributed by atoms with van der Waals surface area (Å²) in [5, 5.41) is 9.85. The molecule has 0 saturated heterocycles. The lowest BCUT2D eigenvalue weighted by Gasteiger charge is -2.32. The van der Waals surface area contributed by atoms with Gasteiger partial charge in [0.15, 0.2) is 0 Å². The van der Waals surface area contributed by atoms with Gasteiger partial charge >= 0.3 is 5.97 Å². The number of ether oxygens (including phenoxy) is 1. The molecular weight excluding hydrogens is 192 g/mol. The van der Waals surface area contributed by atoms with Crippen molar-refractivity contribution in [2.45, 2.75) is 59.7 Å². The van der Waals surface area contributed by atoms with Gasteiger partial charge in [-0.2, -0.15) is 0 Å². The van der Waals surface area contributed by atoms with Crippen molar-refractivity contribution in [3.63, 3.8) is 0 Å². The quantitative estimate of drug-likeness (QED) is 0.718. The van der Waals surface area contributed by atoms with E-state index in [4.69, 9.17) is 4.74 Å². The first-order chi connectivity index (χ1) is 6.70. The second-order valence-corrected chi connectivity index (χ2v) is 4.98. The molecule has 0 aliphatic carbocycles. The summed E-state index contributed by atoms with van der Waals surface area (Å²) in [6.07, 6.45) is 0.517. The maximum atomic E-state index is 11.4. The minimum atomic E-state index is -0.821. The number of rotatable bonds is 5. The van der Waals surface area contributed by atoms with Crippen LogP contribution in [0.2, 0.25) is 0 Å². The minimum Gasteiger partial charge on any atom is -0.462 e. The monoisotopic (exact) mass is 216 g/mol. The Morgan fingerprint density at radius 3 is 2.07 bits per heavy atom. The van der Waals surface area contributed by atoms with Crippen LogP contribution >= 0.6 is 0 Å². The molecule has 0 saturated carbocycles. The number of aliphatic hydroxyl groups is 1. The molecule has 0 aromatic carbocycles. The van der Waals surface area contributed by atoms with Crippen molar-refractivity contribution in [3.8, 4) is 0 Å². The lowest BCUT2D eigenvalue weighted by molar-refractivity contribution is -0.160. The molecule has 0 fully saturated rings. The number of carbonyl (C=O) groups excluding carboxylic acids is 1. The van der Waals surface area contributed by atoms with E-state index in [9.17, 15) is 9.90 Å². The summed E-state index contributed by atoms with van der Waals surface area (Å²) in [5.74, 6) is -0.379. The third-order valence-electron chi connectivity index (χ3n) is 2.81. The largest absolute Gasteiger partial charge is 0.462 e. The minimum absolute atomic E-state index is 0.0646. The molecule has 0 bridgehead atoms. The molecule has 15 heavy (non-hydrogen) atoms. The molecule has 0 rings (SSSR count). The van der Waals surface area contributed by atoms with Crippen molar-refractivity contribution in [1.82, 2.24) is 0 Å². The zero-order chi connectivity index (χ0) is 12.2. The highest BCUT2D eigenvalue weighted by atomic mass is 16.5. The number of hydrogen-bond donors (Lipinski definition) is 1. The Morgan fingerprint density at radius 1 is 1.33 bits per heavy atom. The summed E-state index contributed by atoms with van der Waals surface area (Å²) in [5.41, 5.74) is -0.821. The molecule has 0 aromatic rings. The van der Waals surface area contributed by atoms with Crippen molar-refractivity contribution < 1.29 is 14.6 Å². The van der Waals surface area contributed by atoms with E-state index in [1.807, 2.05) is 27.7 Å². The SMILES string of the molecule is CCC(OC(=O)C(C)C)C(C)C(C)(C)O. The molecule has 0 heterocycles. The zero-order valence-corrected chi connectivity index (χ0v) is 10.7. The third kappa shape index (κ3) is 4.65. The smallest absolute Gasteiger partial charge is 0.308 e. The molecule has 3 heteroatoms. The van der Waals surface area contributed by atoms with Gasteiger partial charge in [-0.3, -0.25) is 4.79 Å². The van der Waals surface area contributed by atoms with Crippen LogP contribution in [0.5, 0.6) is 0 Å². The lowest BCUT2D eigenvalue weighted by Crippen LogP contribution is -2.40. The topological polar surface area (TPSA) is 46.5 Å². The number of esters is 1. The van der Waals surface area contributed by atoms with Gasteiger partial charge in [0.1, 0.15) is 6.10 Å². The van der Waals surface area contributed by atoms with Crippen molar-refractivity contribution >= 4 is 5.97 Å². The predicted octanol–water partition coefficient (Wildman–Crippen LogP) is 2.37. The van der Waals surface area contributed by atoms with Gasteiger partial charge in [0.25, 0.3) is 0 Å². The molecule has 1 N–H and O–H groups in total. The van der Waals surface area contributed by atoms with E-state index in [0.717, 1.165) is 6.42 Å². The molecule has 3 nitrogen and oxygen atoms in total. The first kappa shape index (κ1) is 14.4. The number of hydrogen-bond acceptors (Lipinski definition) is 3. The molecule has 0 radical (unpaired) electrons. The molecule has 90 valence electrons. The summed E-state index contributed by atoms with van der Waals surface area (Å²) in [7, 11) is 0. The molecule has 0 aromatic heterocycles. The molecule has 2 atom stereocenters. The van der Waals surface area contributed by atoms with Crippen LogP contribution in [-0.2, 0) is 9.53 Å². The average molecular weight is 216 g/mol. The van der Waals surface area contributed by atoms with Crippen LogP contribution in [0.4, 0.5) is 0 Å². The molecule has 0 spiro atoms. The Morgan fingerprint density at radius 2 is 1.80 bits per heavy atom. The standard InChI is InChI=1S/C12H24O3/c1-7-10(9(4)12(5,6)14)15-11(13)8(2)3/h8-10,14H,7H2,1-6H3. The summed E-state index contributed by atoms with van der Waals surface area (Å²) < 4.78 is 5.35. The summed E-state index contributed by atoms with van der Waals surface area (Å²) in [6.45, 7) is 11.0. The molecular formula is C12H24O3. The second kappa shape index (κ2) is 5.50. The van der Waals surface area contributed by atoms with Gasteiger partial charge in [0.2, 0.25) is 0 Å². The van der Waals surface area contributed by atoms with Crippen molar-refractivity contribution in [3.05, 3.63) is 0 Å². The normalized spacial score (nSPS) is 16.3. The van der Waals surface area contributed by atoms with Gasteiger partial charge in [-0.15, -0.1) is 0 Å². The molecule has 0 aliphatic rings. The summed E-state index contributed by atoms with van der Waals surface area (Å²) >= 11 is 0. The maximum absolute atomic E-state index is 11.4. The highest BCUT2D eigenvalue weighted by molar-refractivity contribution is 5.71. The van der Waals surface area contributed by atoms with E-state index in [2.05, 4.69) is 0 Å². The van der Waals surface area contributed by atoms with E-state index < -0.39 is 5.60 Å². The Labute approximate surface area is 92.8 Å². The van der Waals surface area contributed by atoms with E-state index in [1.54, 1.807) is 13.8 Å². The fourth-order valence-corrected chi connectivity index (χ4v) is 1.28. The van der Waals surface area contributed by atoms with Gasteiger partial charge in [-0.25, -0.2) is 0 Å². The Balaban J connectivity index is 4.44. The van der Waals surface area contributed by atoms with Crippen molar-refractivity contribution in [2.24, 2.45) is 11.8 Å². The van der Waals surface area contributed by atoms with Crippen molar-refractivity contribution in [2.75, 3.05) is 0 Å². The van der Waals surface area contributed by atoms with Gasteiger partial charge in [0.05, 0.1) is 11.5 Å². The Hall–Kier alpha value is -0.570. The van der Waals surface area contributed by atoms with Crippen LogP contribution in [0, 0.1) is 11.8 Å². The van der Waals surface area contributed by atoms with Gasteiger partial charge in [0, 0.05) is 5.92 Å². The summed E-state index contributed by atoms with van der Waals surface area (Å²) in [4.78, 5) is 11.4. The highest BCUT2D eigenvalue weighted by Gasteiger charge is 2.31. The molecule has 0 amide bonds. The van der Waals surface area contributed by atoms with Crippen LogP contribution in [0.25, 0.3) is 0 Å². The lowest BCUT2D eigenvalue weighted by atomic mass is 9.86. The van der Waals surface area contributed by atoms with Crippen LogP contribution in [0.15, 0.2) is 0 Å². The van der Waals surface area contributed by atoms with Crippen LogP contribution < -0.4 is 0 Å². The Kier molecular flexibility index (Phi) is 5.29. The fraction of sp³-hybridized carbons (Fsp3) is 0.917. The number of carbonyl (C=O) groups is 1. The van der Waals surface area contributed by atoms with Crippen molar-refractivity contribution in [1.29, 1.82) is 0 Å². The van der Waals surface area contributed by atoms with Crippen LogP contribution in [0.1, 0.15) is 48.0 Å². The Bertz CT molecular complexity index is 203. The van der Waals surface area contributed by atoms with E-state index in [0.29, 0.717) is 0 Å². The van der Waals surface area contributed by atoms with Crippen LogP contribution in [-0.4, -0.2) is 22.8 Å². The van der Waals surface area contributed by atoms with Crippen LogP contribution in [0.3, 0.4) is 0 Å². The zero-order valence-electron chi connectivity index (χ0n) is 10.7. The van der Waals surface area contributed by atoms with Gasteiger partial charge in [-0.1, -0.05) is 27.7 Å². The van der Waals surface area contributed by atoms with E-state index in [-0.39, 0.29) is 23.9 Å². The first-order valence-corrected chi connectivity index (χ1v) is 5.63. The first-order valence-electron chi connectivity index (χ1n) is 5.63. The molecule has 0 aliphatic heterocycles. The second-order valence-electron chi connectivity index (χ2n) is 4.98. The third-order valence-corrected chi connectivity index (χ3v) is 2.81. The van der Waals surface area contributed by atoms with Gasteiger partial charge in [-0.05, 0) is 20.3 Å².